The maximum absolute atomic E-state index is 12.4. The van der Waals surface area contributed by atoms with E-state index in [2.05, 4.69) is 34.3 Å². The van der Waals surface area contributed by atoms with E-state index in [0.717, 1.165) is 43.6 Å². The molecule has 0 bridgehead atoms. The highest BCUT2D eigenvalue weighted by molar-refractivity contribution is 5.94. The van der Waals surface area contributed by atoms with Gasteiger partial charge in [-0.2, -0.15) is 5.10 Å². The van der Waals surface area contributed by atoms with Gasteiger partial charge in [-0.1, -0.05) is 0 Å². The molecule has 116 valence electrons. The second-order valence-electron chi connectivity index (χ2n) is 6.93. The number of amides is 1. The number of H-pyrrole nitrogens is 1. The average molecular weight is 290 g/mol. The van der Waals surface area contributed by atoms with E-state index in [9.17, 15) is 4.79 Å². The summed E-state index contributed by atoms with van der Waals surface area (Å²) in [5, 5.41) is 10.4. The molecule has 1 aromatic rings. The van der Waals surface area contributed by atoms with Crippen molar-refractivity contribution in [3.05, 3.63) is 17.0 Å². The van der Waals surface area contributed by atoms with Crippen molar-refractivity contribution in [2.24, 2.45) is 0 Å². The molecule has 0 unspecified atom stereocenters. The lowest BCUT2D eigenvalue weighted by molar-refractivity contribution is 0.0896. The Labute approximate surface area is 126 Å². The highest BCUT2D eigenvalue weighted by Crippen LogP contribution is 2.23. The average Bonchev–Trinajstić information content (AvgIpc) is 3.14. The molecule has 0 atom stereocenters. The van der Waals surface area contributed by atoms with Crippen LogP contribution in [0.2, 0.25) is 0 Å². The second-order valence-corrected chi connectivity index (χ2v) is 6.93. The molecule has 5 heteroatoms. The van der Waals surface area contributed by atoms with Crippen molar-refractivity contribution in [2.75, 3.05) is 19.6 Å². The lowest BCUT2D eigenvalue weighted by Crippen LogP contribution is -2.50. The first-order valence-corrected chi connectivity index (χ1v) is 8.17. The summed E-state index contributed by atoms with van der Waals surface area (Å²) >= 11 is 0. The highest BCUT2D eigenvalue weighted by Gasteiger charge is 2.30. The summed E-state index contributed by atoms with van der Waals surface area (Å²) in [7, 11) is 0. The smallest absolute Gasteiger partial charge is 0.272 e. The lowest BCUT2D eigenvalue weighted by atomic mass is 9.95. The lowest BCUT2D eigenvalue weighted by Gasteiger charge is -2.35. The first-order valence-electron chi connectivity index (χ1n) is 8.17. The number of carbonyl (C=O) groups excluding carboxylic acids is 1. The molecular weight excluding hydrogens is 264 g/mol. The topological polar surface area (TPSA) is 61.0 Å². The van der Waals surface area contributed by atoms with Crippen LogP contribution in [0.3, 0.4) is 0 Å². The number of aryl methyl sites for hydroxylation is 1. The molecule has 1 aliphatic heterocycles. The molecule has 0 spiro atoms. The number of nitrogens with zero attached hydrogens (tertiary/aromatic N) is 2. The van der Waals surface area contributed by atoms with Crippen molar-refractivity contribution < 1.29 is 4.79 Å². The van der Waals surface area contributed by atoms with E-state index in [1.165, 1.54) is 19.3 Å². The molecule has 2 aliphatic rings. The fraction of sp³-hybridized carbons (Fsp3) is 0.750. The number of aromatic nitrogens is 2. The van der Waals surface area contributed by atoms with E-state index >= 15 is 0 Å². The van der Waals surface area contributed by atoms with Gasteiger partial charge < -0.3 is 5.32 Å². The van der Waals surface area contributed by atoms with Gasteiger partial charge in [-0.25, -0.2) is 0 Å². The largest absolute Gasteiger partial charge is 0.349 e. The molecule has 5 nitrogen and oxygen atoms in total. The number of rotatable bonds is 4. The summed E-state index contributed by atoms with van der Waals surface area (Å²) in [5.41, 5.74) is 2.92. The molecule has 1 amide bonds. The molecule has 0 aromatic carbocycles. The zero-order chi connectivity index (χ0) is 14.9. The molecule has 1 fully saturated rings. The number of hydrogen-bond donors (Lipinski definition) is 2. The third-order valence-corrected chi connectivity index (χ3v) is 4.92. The Bertz CT molecular complexity index is 514. The monoisotopic (exact) mass is 290 g/mol. The normalized spacial score (nSPS) is 19.5. The number of carbonyl (C=O) groups is 1. The first kappa shape index (κ1) is 14.6. The summed E-state index contributed by atoms with van der Waals surface area (Å²) in [6.07, 6.45) is 6.89. The van der Waals surface area contributed by atoms with Crippen LogP contribution in [-0.4, -0.2) is 46.2 Å². The van der Waals surface area contributed by atoms with Gasteiger partial charge in [0.05, 0.1) is 0 Å². The van der Waals surface area contributed by atoms with E-state index in [1.54, 1.807) is 0 Å². The van der Waals surface area contributed by atoms with Gasteiger partial charge in [-0.05, 0) is 65.5 Å². The predicted octanol–water partition coefficient (Wildman–Crippen LogP) is 1.89. The van der Waals surface area contributed by atoms with Crippen LogP contribution in [0.25, 0.3) is 0 Å². The van der Waals surface area contributed by atoms with Crippen LogP contribution in [0.4, 0.5) is 0 Å². The number of nitrogens with one attached hydrogen (secondary N) is 2. The Kier molecular flexibility index (Phi) is 4.02. The van der Waals surface area contributed by atoms with Gasteiger partial charge >= 0.3 is 0 Å². The SMILES string of the molecule is CC(C)(CNC(=O)c1n[nH]c2c1CCCC2)N1CCCC1. The molecule has 2 N–H and O–H groups in total. The van der Waals surface area contributed by atoms with Gasteiger partial charge in [0.25, 0.3) is 5.91 Å². The number of likely N-dealkylation sites (tertiary alicyclic amines) is 1. The van der Waals surface area contributed by atoms with Crippen LogP contribution < -0.4 is 5.32 Å². The fourth-order valence-electron chi connectivity index (χ4n) is 3.48. The van der Waals surface area contributed by atoms with Gasteiger partial charge in [-0.15, -0.1) is 0 Å². The summed E-state index contributed by atoms with van der Waals surface area (Å²) in [6.45, 7) is 7.37. The Morgan fingerprint density at radius 3 is 2.71 bits per heavy atom. The maximum Gasteiger partial charge on any atom is 0.272 e. The Balaban J connectivity index is 1.62. The fourth-order valence-corrected chi connectivity index (χ4v) is 3.48. The zero-order valence-corrected chi connectivity index (χ0v) is 13.2. The van der Waals surface area contributed by atoms with Crippen LogP contribution in [0.5, 0.6) is 0 Å². The molecule has 3 rings (SSSR count). The van der Waals surface area contributed by atoms with Crippen molar-refractivity contribution in [1.29, 1.82) is 0 Å². The van der Waals surface area contributed by atoms with E-state index in [0.29, 0.717) is 12.2 Å². The van der Waals surface area contributed by atoms with Gasteiger partial charge in [0.2, 0.25) is 0 Å². The summed E-state index contributed by atoms with van der Waals surface area (Å²) < 4.78 is 0. The van der Waals surface area contributed by atoms with E-state index in [-0.39, 0.29) is 11.4 Å². The Morgan fingerprint density at radius 1 is 1.24 bits per heavy atom. The molecule has 0 saturated carbocycles. The minimum Gasteiger partial charge on any atom is -0.349 e. The molecule has 2 heterocycles. The molecular formula is C16H26N4O. The quantitative estimate of drug-likeness (QED) is 0.890. The number of aromatic amines is 1. The zero-order valence-electron chi connectivity index (χ0n) is 13.2. The molecule has 1 aromatic heterocycles. The van der Waals surface area contributed by atoms with E-state index in [4.69, 9.17) is 0 Å². The Hall–Kier alpha value is -1.36. The van der Waals surface area contributed by atoms with E-state index < -0.39 is 0 Å². The molecule has 0 radical (unpaired) electrons. The van der Waals surface area contributed by atoms with Crippen molar-refractivity contribution in [1.82, 2.24) is 20.4 Å². The molecule has 1 saturated heterocycles. The second kappa shape index (κ2) is 5.79. The van der Waals surface area contributed by atoms with Crippen molar-refractivity contribution in [3.63, 3.8) is 0 Å². The highest BCUT2D eigenvalue weighted by atomic mass is 16.1. The first-order chi connectivity index (χ1) is 10.1. The van der Waals surface area contributed by atoms with Crippen LogP contribution in [0, 0.1) is 0 Å². The predicted molar refractivity (Wildman–Crippen MR) is 82.4 cm³/mol. The third kappa shape index (κ3) is 2.98. The van der Waals surface area contributed by atoms with Crippen molar-refractivity contribution in [2.45, 2.75) is 57.9 Å². The minimum absolute atomic E-state index is 0.0164. The number of hydrogen-bond acceptors (Lipinski definition) is 3. The van der Waals surface area contributed by atoms with Crippen LogP contribution >= 0.6 is 0 Å². The van der Waals surface area contributed by atoms with Crippen LogP contribution in [0.15, 0.2) is 0 Å². The van der Waals surface area contributed by atoms with Crippen molar-refractivity contribution >= 4 is 5.91 Å². The van der Waals surface area contributed by atoms with Crippen LogP contribution in [0.1, 0.15) is 61.3 Å². The van der Waals surface area contributed by atoms with Gasteiger partial charge in [-0.3, -0.25) is 14.8 Å². The summed E-state index contributed by atoms with van der Waals surface area (Å²) in [4.78, 5) is 14.9. The van der Waals surface area contributed by atoms with Gasteiger partial charge in [0.1, 0.15) is 0 Å². The standard InChI is InChI=1S/C16H26N4O/c1-16(2,20-9-5-6-10-20)11-17-15(21)14-12-7-3-4-8-13(12)18-19-14/h3-11H2,1-2H3,(H,17,21)(H,18,19). The summed E-state index contributed by atoms with van der Waals surface area (Å²) in [6, 6.07) is 0. The maximum atomic E-state index is 12.4. The third-order valence-electron chi connectivity index (χ3n) is 4.92. The molecule has 21 heavy (non-hydrogen) atoms. The van der Waals surface area contributed by atoms with Gasteiger partial charge in [0.15, 0.2) is 5.69 Å². The van der Waals surface area contributed by atoms with E-state index in [1.807, 2.05) is 0 Å². The number of fused-ring (bicyclic) bond motifs is 1. The Morgan fingerprint density at radius 2 is 1.95 bits per heavy atom. The van der Waals surface area contributed by atoms with Gasteiger partial charge in [0, 0.05) is 23.3 Å². The summed E-state index contributed by atoms with van der Waals surface area (Å²) in [5.74, 6) is -0.0262. The van der Waals surface area contributed by atoms with Crippen LogP contribution in [-0.2, 0) is 12.8 Å². The molecule has 1 aliphatic carbocycles. The van der Waals surface area contributed by atoms with Crippen molar-refractivity contribution in [3.8, 4) is 0 Å². The minimum atomic E-state index is -0.0262.